The van der Waals surface area contributed by atoms with E-state index >= 15 is 0 Å². The molecule has 0 saturated heterocycles. The fourth-order valence-corrected chi connectivity index (χ4v) is 1.42. The van der Waals surface area contributed by atoms with Gasteiger partial charge in [-0.25, -0.2) is 5.06 Å². The van der Waals surface area contributed by atoms with Gasteiger partial charge in [-0.2, -0.15) is 0 Å². The smallest absolute Gasteiger partial charge is 0.135 e. The van der Waals surface area contributed by atoms with E-state index in [-0.39, 0.29) is 0 Å². The number of nitrogens with zero attached hydrogens (tertiary/aromatic N) is 2. The Morgan fingerprint density at radius 2 is 2.21 bits per heavy atom. The van der Waals surface area contributed by atoms with E-state index in [1.807, 2.05) is 24.4 Å². The number of hydroxylamine groups is 1. The van der Waals surface area contributed by atoms with Gasteiger partial charge in [0.05, 0.1) is 19.9 Å². The molecule has 4 heteroatoms. The summed E-state index contributed by atoms with van der Waals surface area (Å²) in [6.07, 6.45) is 1.84. The topological polar surface area (TPSA) is 34.1 Å². The van der Waals surface area contributed by atoms with E-state index in [1.165, 1.54) is 0 Å². The Morgan fingerprint density at radius 3 is 2.93 bits per heavy atom. The summed E-state index contributed by atoms with van der Waals surface area (Å²) in [6, 6.07) is 5.80. The number of fused-ring (bicyclic) bond motifs is 1. The maximum atomic E-state index is 5.18. The van der Waals surface area contributed by atoms with Crippen LogP contribution in [0.4, 0.5) is 5.69 Å². The summed E-state index contributed by atoms with van der Waals surface area (Å²) in [6.45, 7) is 0.524. The summed E-state index contributed by atoms with van der Waals surface area (Å²) in [5, 5.41) is 1.72. The predicted molar refractivity (Wildman–Crippen MR) is 54.9 cm³/mol. The van der Waals surface area contributed by atoms with Crippen molar-refractivity contribution in [2.24, 2.45) is 4.99 Å². The predicted octanol–water partition coefficient (Wildman–Crippen LogP) is 1.45. The molecule has 2 rings (SSSR count). The van der Waals surface area contributed by atoms with E-state index < -0.39 is 0 Å². The Morgan fingerprint density at radius 1 is 1.36 bits per heavy atom. The van der Waals surface area contributed by atoms with Crippen LogP contribution in [-0.2, 0) is 4.84 Å². The van der Waals surface area contributed by atoms with Crippen molar-refractivity contribution in [1.29, 1.82) is 0 Å². The van der Waals surface area contributed by atoms with Crippen molar-refractivity contribution in [3.05, 3.63) is 23.8 Å². The third-order valence-corrected chi connectivity index (χ3v) is 2.17. The van der Waals surface area contributed by atoms with Gasteiger partial charge < -0.3 is 4.74 Å². The average molecular weight is 192 g/mol. The van der Waals surface area contributed by atoms with Crippen molar-refractivity contribution < 1.29 is 9.57 Å². The van der Waals surface area contributed by atoms with Gasteiger partial charge in [0.1, 0.15) is 12.4 Å². The Balaban J connectivity index is 2.44. The van der Waals surface area contributed by atoms with E-state index in [4.69, 9.17) is 9.57 Å². The molecule has 1 aliphatic heterocycles. The van der Waals surface area contributed by atoms with E-state index in [0.717, 1.165) is 17.0 Å². The van der Waals surface area contributed by atoms with Crippen molar-refractivity contribution in [3.63, 3.8) is 0 Å². The lowest BCUT2D eigenvalue weighted by Gasteiger charge is -2.24. The SMILES string of the molecule is COc1ccc2c(c1)N(OC)CN=C2. The second-order valence-electron chi connectivity index (χ2n) is 2.94. The van der Waals surface area contributed by atoms with Crippen LogP contribution in [0.15, 0.2) is 23.2 Å². The molecule has 0 amide bonds. The molecule has 0 atom stereocenters. The maximum Gasteiger partial charge on any atom is 0.135 e. The molecule has 0 unspecified atom stereocenters. The van der Waals surface area contributed by atoms with Crippen molar-refractivity contribution in [3.8, 4) is 5.75 Å². The van der Waals surface area contributed by atoms with Gasteiger partial charge in [0.25, 0.3) is 0 Å². The molecule has 0 fully saturated rings. The molecule has 0 spiro atoms. The van der Waals surface area contributed by atoms with Gasteiger partial charge in [-0.05, 0) is 12.1 Å². The minimum atomic E-state index is 0.524. The van der Waals surface area contributed by atoms with E-state index in [2.05, 4.69) is 4.99 Å². The van der Waals surface area contributed by atoms with Gasteiger partial charge in [-0.15, -0.1) is 0 Å². The number of hydrogen-bond acceptors (Lipinski definition) is 4. The molecular formula is C10H12N2O2. The van der Waals surface area contributed by atoms with E-state index in [0.29, 0.717) is 6.67 Å². The molecule has 0 saturated carbocycles. The number of benzene rings is 1. The summed E-state index contributed by atoms with van der Waals surface area (Å²) in [4.78, 5) is 9.34. The molecule has 0 N–H and O–H groups in total. The molecule has 4 nitrogen and oxygen atoms in total. The number of ether oxygens (including phenoxy) is 1. The van der Waals surface area contributed by atoms with Crippen molar-refractivity contribution in [1.82, 2.24) is 0 Å². The van der Waals surface area contributed by atoms with Crippen LogP contribution in [0, 0.1) is 0 Å². The second kappa shape index (κ2) is 3.67. The number of hydrogen-bond donors (Lipinski definition) is 0. The molecule has 0 aromatic heterocycles. The number of methoxy groups -OCH3 is 1. The van der Waals surface area contributed by atoms with Gasteiger partial charge in [0, 0.05) is 17.8 Å². The molecule has 0 bridgehead atoms. The van der Waals surface area contributed by atoms with Crippen LogP contribution >= 0.6 is 0 Å². The fraction of sp³-hybridized carbons (Fsp3) is 0.300. The van der Waals surface area contributed by atoms with Crippen LogP contribution in [0.3, 0.4) is 0 Å². The van der Waals surface area contributed by atoms with Crippen LogP contribution in [-0.4, -0.2) is 27.1 Å². The molecule has 1 aromatic carbocycles. The summed E-state index contributed by atoms with van der Waals surface area (Å²) in [5.74, 6) is 0.820. The van der Waals surface area contributed by atoms with Gasteiger partial charge in [0.2, 0.25) is 0 Å². The summed E-state index contributed by atoms with van der Waals surface area (Å²) >= 11 is 0. The average Bonchev–Trinajstić information content (AvgIpc) is 2.27. The van der Waals surface area contributed by atoms with Gasteiger partial charge in [-0.3, -0.25) is 9.83 Å². The summed E-state index contributed by atoms with van der Waals surface area (Å²) in [5.41, 5.74) is 2.03. The molecule has 1 heterocycles. The minimum Gasteiger partial charge on any atom is -0.497 e. The molecule has 1 aliphatic rings. The first-order valence-corrected chi connectivity index (χ1v) is 4.34. The van der Waals surface area contributed by atoms with Gasteiger partial charge >= 0.3 is 0 Å². The molecule has 74 valence electrons. The zero-order valence-electron chi connectivity index (χ0n) is 8.23. The fourth-order valence-electron chi connectivity index (χ4n) is 1.42. The maximum absolute atomic E-state index is 5.18. The largest absolute Gasteiger partial charge is 0.497 e. The first kappa shape index (κ1) is 9.02. The number of anilines is 1. The van der Waals surface area contributed by atoms with Crippen LogP contribution in [0.5, 0.6) is 5.75 Å². The van der Waals surface area contributed by atoms with Gasteiger partial charge in [0.15, 0.2) is 0 Å². The lowest BCUT2D eigenvalue weighted by Crippen LogP contribution is -2.25. The Labute approximate surface area is 82.7 Å². The zero-order valence-corrected chi connectivity index (χ0v) is 8.23. The first-order valence-electron chi connectivity index (χ1n) is 4.34. The standard InChI is InChI=1S/C10H12N2O2/c1-13-9-4-3-8-6-11-7-12(14-2)10(8)5-9/h3-6H,7H2,1-2H3. The lowest BCUT2D eigenvalue weighted by molar-refractivity contribution is 0.168. The van der Waals surface area contributed by atoms with Crippen LogP contribution in [0.1, 0.15) is 5.56 Å². The lowest BCUT2D eigenvalue weighted by atomic mass is 10.1. The second-order valence-corrected chi connectivity index (χ2v) is 2.94. The molecular weight excluding hydrogens is 180 g/mol. The molecule has 14 heavy (non-hydrogen) atoms. The first-order chi connectivity index (χ1) is 6.85. The van der Waals surface area contributed by atoms with Crippen molar-refractivity contribution >= 4 is 11.9 Å². The highest BCUT2D eigenvalue weighted by molar-refractivity contribution is 5.89. The number of aliphatic imine (C=N–C) groups is 1. The molecule has 1 aromatic rings. The molecule has 0 aliphatic carbocycles. The quantitative estimate of drug-likeness (QED) is 0.711. The van der Waals surface area contributed by atoms with Crippen LogP contribution < -0.4 is 9.80 Å². The van der Waals surface area contributed by atoms with Crippen molar-refractivity contribution in [2.45, 2.75) is 0 Å². The minimum absolute atomic E-state index is 0.524. The third kappa shape index (κ3) is 1.44. The highest BCUT2D eigenvalue weighted by Crippen LogP contribution is 2.27. The Bertz CT molecular complexity index is 363. The third-order valence-electron chi connectivity index (χ3n) is 2.17. The monoisotopic (exact) mass is 192 g/mol. The van der Waals surface area contributed by atoms with E-state index in [1.54, 1.807) is 19.3 Å². The van der Waals surface area contributed by atoms with Crippen molar-refractivity contribution in [2.75, 3.05) is 26.0 Å². The van der Waals surface area contributed by atoms with Crippen LogP contribution in [0.25, 0.3) is 0 Å². The Kier molecular flexibility index (Phi) is 2.37. The summed E-state index contributed by atoms with van der Waals surface area (Å²) in [7, 11) is 3.28. The van der Waals surface area contributed by atoms with Gasteiger partial charge in [-0.1, -0.05) is 0 Å². The summed E-state index contributed by atoms with van der Waals surface area (Å²) < 4.78 is 5.15. The van der Waals surface area contributed by atoms with E-state index in [9.17, 15) is 0 Å². The zero-order chi connectivity index (χ0) is 9.97. The highest BCUT2D eigenvalue weighted by Gasteiger charge is 2.13. The number of rotatable bonds is 2. The highest BCUT2D eigenvalue weighted by atomic mass is 16.7. The molecule has 0 radical (unpaired) electrons. The Hall–Kier alpha value is -1.55. The normalized spacial score (nSPS) is 14.0. The van der Waals surface area contributed by atoms with Crippen LogP contribution in [0.2, 0.25) is 0 Å².